The van der Waals surface area contributed by atoms with Gasteiger partial charge in [0.25, 0.3) is 0 Å². The smallest absolute Gasteiger partial charge is 0.335 e. The molecule has 0 heterocycles. The molecule has 0 saturated carbocycles. The normalized spacial score (nSPS) is 9.50. The first-order valence-electron chi connectivity index (χ1n) is 6.75. The maximum Gasteiger partial charge on any atom is 0.335 e. The van der Waals surface area contributed by atoms with Gasteiger partial charge in [-0.25, -0.2) is 4.79 Å². The van der Waals surface area contributed by atoms with Gasteiger partial charge in [0.1, 0.15) is 23.5 Å². The number of carbonyl (C=O) groups is 1. The number of carboxylic acid groups (broad SMARTS) is 1. The lowest BCUT2D eigenvalue weighted by Crippen LogP contribution is -2.05. The van der Waals surface area contributed by atoms with Gasteiger partial charge >= 0.3 is 5.97 Å². The van der Waals surface area contributed by atoms with Crippen molar-refractivity contribution in [2.45, 2.75) is 20.3 Å². The molecule has 0 aliphatic rings. The van der Waals surface area contributed by atoms with Gasteiger partial charge in [-0.1, -0.05) is 13.8 Å². The highest BCUT2D eigenvalue weighted by Gasteiger charge is 2.09. The number of nitrogens with one attached hydrogen (secondary N) is 1. The molecule has 0 saturated heterocycles. The van der Waals surface area contributed by atoms with Crippen LogP contribution in [0.5, 0.6) is 5.75 Å². The van der Waals surface area contributed by atoms with Crippen molar-refractivity contribution in [2.24, 2.45) is 5.92 Å². The Labute approximate surface area is 129 Å². The standard InChI is InChI=1S/C16H17N3O3/c1-11(2)5-6-22-15-4-3-13(16(20)21)7-14(15)19-10-12(8-17)9-18/h3-4,7,10-11,19H,5-6H2,1-2H3,(H,20,21). The van der Waals surface area contributed by atoms with Gasteiger partial charge in [-0.05, 0) is 30.5 Å². The largest absolute Gasteiger partial charge is 0.491 e. The second-order valence-corrected chi connectivity index (χ2v) is 4.97. The number of ether oxygens (including phenoxy) is 1. The minimum absolute atomic E-state index is 0.0857. The van der Waals surface area contributed by atoms with Gasteiger partial charge in [0.2, 0.25) is 0 Å². The zero-order chi connectivity index (χ0) is 16.5. The third-order valence-corrected chi connectivity index (χ3v) is 2.79. The molecule has 1 aromatic carbocycles. The summed E-state index contributed by atoms with van der Waals surface area (Å²) in [4.78, 5) is 11.0. The number of hydrogen-bond acceptors (Lipinski definition) is 5. The van der Waals surface area contributed by atoms with Crippen LogP contribution in [0, 0.1) is 28.6 Å². The number of benzene rings is 1. The topological polar surface area (TPSA) is 106 Å². The molecule has 0 amide bonds. The van der Waals surface area contributed by atoms with Gasteiger partial charge in [0.05, 0.1) is 17.9 Å². The van der Waals surface area contributed by atoms with Crippen LogP contribution >= 0.6 is 0 Å². The quantitative estimate of drug-likeness (QED) is 0.749. The van der Waals surface area contributed by atoms with Crippen molar-refractivity contribution in [3.8, 4) is 17.9 Å². The van der Waals surface area contributed by atoms with Crippen molar-refractivity contribution in [3.05, 3.63) is 35.5 Å². The second kappa shape index (κ2) is 8.33. The summed E-state index contributed by atoms with van der Waals surface area (Å²) >= 11 is 0. The summed E-state index contributed by atoms with van der Waals surface area (Å²) in [5.41, 5.74) is 0.364. The van der Waals surface area contributed by atoms with Gasteiger partial charge in [-0.2, -0.15) is 10.5 Å². The Morgan fingerprint density at radius 2 is 2.09 bits per heavy atom. The zero-order valence-corrected chi connectivity index (χ0v) is 12.5. The van der Waals surface area contributed by atoms with Crippen molar-refractivity contribution in [2.75, 3.05) is 11.9 Å². The number of rotatable bonds is 7. The molecule has 1 aromatic rings. The molecule has 0 spiro atoms. The van der Waals surface area contributed by atoms with Crippen LogP contribution < -0.4 is 10.1 Å². The predicted octanol–water partition coefficient (Wildman–Crippen LogP) is 3.15. The van der Waals surface area contributed by atoms with Gasteiger partial charge in [-0.3, -0.25) is 0 Å². The fraction of sp³-hybridized carbons (Fsp3) is 0.312. The SMILES string of the molecule is CC(C)CCOc1ccc(C(=O)O)cc1NC=C(C#N)C#N. The molecule has 6 nitrogen and oxygen atoms in total. The van der Waals surface area contributed by atoms with E-state index < -0.39 is 5.97 Å². The maximum atomic E-state index is 11.0. The Balaban J connectivity index is 3.00. The van der Waals surface area contributed by atoms with Gasteiger partial charge in [0.15, 0.2) is 0 Å². The van der Waals surface area contributed by atoms with Crippen LogP contribution in [0.25, 0.3) is 0 Å². The Morgan fingerprint density at radius 1 is 1.41 bits per heavy atom. The average Bonchev–Trinajstić information content (AvgIpc) is 2.48. The van der Waals surface area contributed by atoms with E-state index in [1.807, 2.05) is 0 Å². The third kappa shape index (κ3) is 5.18. The van der Waals surface area contributed by atoms with Gasteiger partial charge in [-0.15, -0.1) is 0 Å². The molecule has 0 bridgehead atoms. The van der Waals surface area contributed by atoms with Crippen LogP contribution in [0.1, 0.15) is 30.6 Å². The minimum atomic E-state index is -1.07. The van der Waals surface area contributed by atoms with Crippen LogP contribution in [0.3, 0.4) is 0 Å². The fourth-order valence-corrected chi connectivity index (χ4v) is 1.55. The Kier molecular flexibility index (Phi) is 6.46. The summed E-state index contributed by atoms with van der Waals surface area (Å²) in [6.45, 7) is 4.64. The lowest BCUT2D eigenvalue weighted by molar-refractivity contribution is 0.0697. The van der Waals surface area contributed by atoms with Crippen molar-refractivity contribution >= 4 is 11.7 Å². The lowest BCUT2D eigenvalue weighted by atomic mass is 10.1. The molecule has 6 heteroatoms. The van der Waals surface area contributed by atoms with Crippen molar-refractivity contribution in [3.63, 3.8) is 0 Å². The highest BCUT2D eigenvalue weighted by molar-refractivity contribution is 5.89. The van der Waals surface area contributed by atoms with E-state index in [0.29, 0.717) is 24.0 Å². The Morgan fingerprint density at radius 3 is 2.64 bits per heavy atom. The molecule has 114 valence electrons. The first-order valence-corrected chi connectivity index (χ1v) is 6.75. The number of anilines is 1. The van der Waals surface area contributed by atoms with E-state index in [2.05, 4.69) is 19.2 Å². The highest BCUT2D eigenvalue weighted by Crippen LogP contribution is 2.26. The summed E-state index contributed by atoms with van der Waals surface area (Å²) in [6, 6.07) is 7.83. The lowest BCUT2D eigenvalue weighted by Gasteiger charge is -2.13. The number of nitrogens with zero attached hydrogens (tertiary/aromatic N) is 2. The van der Waals surface area contributed by atoms with E-state index in [9.17, 15) is 4.79 Å². The molecule has 0 aliphatic heterocycles. The van der Waals surface area contributed by atoms with E-state index >= 15 is 0 Å². The molecule has 0 unspecified atom stereocenters. The molecule has 0 aliphatic carbocycles. The van der Waals surface area contributed by atoms with Crippen molar-refractivity contribution in [1.82, 2.24) is 0 Å². The molecule has 0 atom stereocenters. The van der Waals surface area contributed by atoms with Crippen LogP contribution in [-0.4, -0.2) is 17.7 Å². The summed E-state index contributed by atoms with van der Waals surface area (Å²) in [7, 11) is 0. The highest BCUT2D eigenvalue weighted by atomic mass is 16.5. The van der Waals surface area contributed by atoms with Gasteiger partial charge < -0.3 is 15.2 Å². The first kappa shape index (κ1) is 17.1. The molecular weight excluding hydrogens is 282 g/mol. The van der Waals surface area contributed by atoms with E-state index in [0.717, 1.165) is 6.42 Å². The average molecular weight is 299 g/mol. The minimum Gasteiger partial charge on any atom is -0.491 e. The molecule has 0 radical (unpaired) electrons. The molecular formula is C16H17N3O3. The molecule has 0 fully saturated rings. The maximum absolute atomic E-state index is 11.0. The molecule has 0 aromatic heterocycles. The Hall–Kier alpha value is -2.99. The summed E-state index contributed by atoms with van der Waals surface area (Å²) in [6.07, 6.45) is 2.08. The van der Waals surface area contributed by atoms with Crippen LogP contribution in [0.2, 0.25) is 0 Å². The number of hydrogen-bond donors (Lipinski definition) is 2. The third-order valence-electron chi connectivity index (χ3n) is 2.79. The first-order chi connectivity index (χ1) is 10.5. The van der Waals surface area contributed by atoms with E-state index in [4.69, 9.17) is 20.4 Å². The number of nitriles is 2. The van der Waals surface area contributed by atoms with Crippen molar-refractivity contribution < 1.29 is 14.6 Å². The fourth-order valence-electron chi connectivity index (χ4n) is 1.55. The number of aromatic carboxylic acids is 1. The summed E-state index contributed by atoms with van der Waals surface area (Å²) in [5, 5.41) is 29.2. The predicted molar refractivity (Wildman–Crippen MR) is 81.3 cm³/mol. The number of carboxylic acids is 1. The summed E-state index contributed by atoms with van der Waals surface area (Å²) < 4.78 is 5.63. The van der Waals surface area contributed by atoms with Crippen LogP contribution in [0.15, 0.2) is 30.0 Å². The van der Waals surface area contributed by atoms with Gasteiger partial charge in [0, 0.05) is 6.20 Å². The molecule has 22 heavy (non-hydrogen) atoms. The second-order valence-electron chi connectivity index (χ2n) is 4.97. The summed E-state index contributed by atoms with van der Waals surface area (Å²) in [5.74, 6) is -0.114. The van der Waals surface area contributed by atoms with Crippen LogP contribution in [0.4, 0.5) is 5.69 Å². The van der Waals surface area contributed by atoms with E-state index in [1.165, 1.54) is 18.3 Å². The zero-order valence-electron chi connectivity index (χ0n) is 12.5. The van der Waals surface area contributed by atoms with Crippen molar-refractivity contribution in [1.29, 1.82) is 10.5 Å². The van der Waals surface area contributed by atoms with Crippen LogP contribution in [-0.2, 0) is 0 Å². The van der Waals surface area contributed by atoms with E-state index in [-0.39, 0.29) is 11.1 Å². The number of allylic oxidation sites excluding steroid dienone is 1. The molecule has 1 rings (SSSR count). The Bertz CT molecular complexity index is 636. The monoisotopic (exact) mass is 299 g/mol. The molecule has 2 N–H and O–H groups in total. The van der Waals surface area contributed by atoms with E-state index in [1.54, 1.807) is 18.2 Å².